The first-order valence-electron chi connectivity index (χ1n) is 6.08. The number of nitrogens with zero attached hydrogens (tertiary/aromatic N) is 3. The number of hydrogen-bond donors (Lipinski definition) is 0. The molecular formula is C14H10Br2ClN3O. The molecule has 0 N–H and O–H groups in total. The third-order valence-electron chi connectivity index (χ3n) is 3.03. The third kappa shape index (κ3) is 2.67. The Hall–Kier alpha value is -1.11. The summed E-state index contributed by atoms with van der Waals surface area (Å²) in [7, 11) is 1.59. The number of benzene rings is 1. The van der Waals surface area contributed by atoms with E-state index in [-0.39, 0.29) is 5.88 Å². The fraction of sp³-hybridized carbons (Fsp3) is 0.143. The molecule has 1 aromatic carbocycles. The van der Waals surface area contributed by atoms with Crippen LogP contribution in [-0.4, -0.2) is 21.6 Å². The van der Waals surface area contributed by atoms with Gasteiger partial charge in [0.15, 0.2) is 5.65 Å². The number of ether oxygens (including phenoxy) is 1. The van der Waals surface area contributed by atoms with Crippen LogP contribution in [-0.2, 0) is 5.88 Å². The van der Waals surface area contributed by atoms with Gasteiger partial charge in [0.05, 0.1) is 18.7 Å². The fourth-order valence-electron chi connectivity index (χ4n) is 2.10. The van der Waals surface area contributed by atoms with E-state index in [0.29, 0.717) is 11.5 Å². The minimum absolute atomic E-state index is 0.289. The number of fused-ring (bicyclic) bond motifs is 1. The lowest BCUT2D eigenvalue weighted by Gasteiger charge is -2.10. The van der Waals surface area contributed by atoms with Crippen molar-refractivity contribution in [1.29, 1.82) is 0 Å². The molecule has 0 aliphatic rings. The monoisotopic (exact) mass is 429 g/mol. The average molecular weight is 432 g/mol. The number of imidazole rings is 1. The molecule has 108 valence electrons. The van der Waals surface area contributed by atoms with E-state index in [0.717, 1.165) is 26.0 Å². The van der Waals surface area contributed by atoms with E-state index in [2.05, 4.69) is 41.8 Å². The average Bonchev–Trinajstić information content (AvgIpc) is 2.87. The summed E-state index contributed by atoms with van der Waals surface area (Å²) in [6, 6.07) is 9.57. The molecule has 0 atom stereocenters. The van der Waals surface area contributed by atoms with Gasteiger partial charge in [0, 0.05) is 15.0 Å². The summed E-state index contributed by atoms with van der Waals surface area (Å²) >= 11 is 13.1. The molecule has 0 bridgehead atoms. The number of aromatic nitrogens is 3. The zero-order valence-corrected chi connectivity index (χ0v) is 14.9. The van der Waals surface area contributed by atoms with Gasteiger partial charge >= 0.3 is 0 Å². The van der Waals surface area contributed by atoms with Crippen molar-refractivity contribution in [3.05, 3.63) is 45.1 Å². The predicted molar refractivity (Wildman–Crippen MR) is 90.4 cm³/mol. The summed E-state index contributed by atoms with van der Waals surface area (Å²) in [5, 5.41) is 0. The van der Waals surface area contributed by atoms with Gasteiger partial charge < -0.3 is 4.74 Å². The first kappa shape index (κ1) is 14.8. The second-order valence-electron chi connectivity index (χ2n) is 4.29. The Bertz CT molecular complexity index is 819. The smallest absolute Gasteiger partial charge is 0.215 e. The van der Waals surface area contributed by atoms with Gasteiger partial charge in [-0.2, -0.15) is 4.98 Å². The lowest BCUT2D eigenvalue weighted by atomic mass is 10.3. The van der Waals surface area contributed by atoms with Crippen molar-refractivity contribution in [3.63, 3.8) is 0 Å². The topological polar surface area (TPSA) is 39.9 Å². The molecule has 0 spiro atoms. The molecule has 0 aliphatic carbocycles. The van der Waals surface area contributed by atoms with Gasteiger partial charge in [0.2, 0.25) is 5.88 Å². The van der Waals surface area contributed by atoms with Crippen molar-refractivity contribution in [1.82, 2.24) is 14.5 Å². The molecule has 0 saturated carbocycles. The number of hydrogen-bond acceptors (Lipinski definition) is 3. The minimum Gasteiger partial charge on any atom is -0.481 e. The van der Waals surface area contributed by atoms with E-state index >= 15 is 0 Å². The van der Waals surface area contributed by atoms with Crippen LogP contribution in [0.15, 0.2) is 39.3 Å². The Balaban J connectivity index is 2.36. The van der Waals surface area contributed by atoms with Gasteiger partial charge in [-0.05, 0) is 40.2 Å². The van der Waals surface area contributed by atoms with Crippen LogP contribution in [0.5, 0.6) is 5.88 Å². The molecule has 0 unspecified atom stereocenters. The van der Waals surface area contributed by atoms with Crippen LogP contribution in [0.25, 0.3) is 16.9 Å². The number of pyridine rings is 1. The van der Waals surface area contributed by atoms with Crippen LogP contribution in [0.2, 0.25) is 0 Å². The van der Waals surface area contributed by atoms with Gasteiger partial charge in [-0.3, -0.25) is 4.57 Å². The molecule has 0 radical (unpaired) electrons. The Morgan fingerprint density at radius 3 is 2.71 bits per heavy atom. The Morgan fingerprint density at radius 2 is 2.00 bits per heavy atom. The minimum atomic E-state index is 0.289. The second kappa shape index (κ2) is 5.94. The summed E-state index contributed by atoms with van der Waals surface area (Å²) in [6.07, 6.45) is 0. The predicted octanol–water partition coefficient (Wildman–Crippen LogP) is 4.69. The van der Waals surface area contributed by atoms with Gasteiger partial charge in [0.25, 0.3) is 0 Å². The number of halogens is 3. The molecule has 3 rings (SSSR count). The van der Waals surface area contributed by atoms with Gasteiger partial charge in [0.1, 0.15) is 11.3 Å². The van der Waals surface area contributed by atoms with Crippen molar-refractivity contribution in [3.8, 4) is 11.6 Å². The lowest BCUT2D eigenvalue weighted by molar-refractivity contribution is 0.399. The van der Waals surface area contributed by atoms with Crippen molar-refractivity contribution in [2.75, 3.05) is 7.11 Å². The van der Waals surface area contributed by atoms with Crippen LogP contribution in [0, 0.1) is 0 Å². The molecular weight excluding hydrogens is 421 g/mol. The van der Waals surface area contributed by atoms with Crippen molar-refractivity contribution in [2.24, 2.45) is 0 Å². The van der Waals surface area contributed by atoms with Crippen LogP contribution in [0.3, 0.4) is 0 Å². The Labute approximate surface area is 143 Å². The van der Waals surface area contributed by atoms with Gasteiger partial charge in [-0.1, -0.05) is 15.9 Å². The van der Waals surface area contributed by atoms with E-state index in [1.165, 1.54) is 0 Å². The Morgan fingerprint density at radius 1 is 1.19 bits per heavy atom. The van der Waals surface area contributed by atoms with Crippen LogP contribution < -0.4 is 4.74 Å². The quantitative estimate of drug-likeness (QED) is 0.565. The number of methoxy groups -OCH3 is 1. The highest BCUT2D eigenvalue weighted by Gasteiger charge is 2.16. The lowest BCUT2D eigenvalue weighted by Crippen LogP contribution is -2.02. The number of alkyl halides is 1. The number of rotatable bonds is 3. The van der Waals surface area contributed by atoms with Gasteiger partial charge in [-0.25, -0.2) is 4.98 Å². The first-order valence-corrected chi connectivity index (χ1v) is 8.20. The molecule has 0 aliphatic heterocycles. The van der Waals surface area contributed by atoms with E-state index in [1.54, 1.807) is 13.2 Å². The summed E-state index contributed by atoms with van der Waals surface area (Å²) in [5.74, 6) is 1.56. The standard InChI is InChI=1S/C14H10Br2ClN3O/c1-21-13-5-4-10-14(19-13)20(12(7-17)18-10)11-6-8(15)2-3-9(11)16/h2-6H,7H2,1H3. The van der Waals surface area contributed by atoms with Crippen LogP contribution >= 0.6 is 43.5 Å². The van der Waals surface area contributed by atoms with Crippen molar-refractivity contribution < 1.29 is 4.74 Å². The maximum absolute atomic E-state index is 6.05. The zero-order valence-electron chi connectivity index (χ0n) is 11.0. The largest absolute Gasteiger partial charge is 0.481 e. The molecule has 3 aromatic rings. The normalized spacial score (nSPS) is 11.0. The molecule has 7 heteroatoms. The summed E-state index contributed by atoms with van der Waals surface area (Å²) in [6.45, 7) is 0. The SMILES string of the molecule is COc1ccc2nc(CCl)n(-c3cc(Br)ccc3Br)c2n1. The summed E-state index contributed by atoms with van der Waals surface area (Å²) in [4.78, 5) is 9.02. The first-order chi connectivity index (χ1) is 10.1. The third-order valence-corrected chi connectivity index (χ3v) is 4.43. The maximum atomic E-state index is 6.05. The van der Waals surface area contributed by atoms with E-state index in [9.17, 15) is 0 Å². The van der Waals surface area contributed by atoms with Crippen molar-refractivity contribution in [2.45, 2.75) is 5.88 Å². The molecule has 0 amide bonds. The van der Waals surface area contributed by atoms with Crippen LogP contribution in [0.1, 0.15) is 5.82 Å². The zero-order chi connectivity index (χ0) is 15.0. The highest BCUT2D eigenvalue weighted by Crippen LogP contribution is 2.30. The highest BCUT2D eigenvalue weighted by molar-refractivity contribution is 9.11. The summed E-state index contributed by atoms with van der Waals surface area (Å²) < 4.78 is 9.03. The second-order valence-corrected chi connectivity index (χ2v) is 6.33. The molecule has 2 aromatic heterocycles. The van der Waals surface area contributed by atoms with Crippen LogP contribution in [0.4, 0.5) is 0 Å². The van der Waals surface area contributed by atoms with E-state index < -0.39 is 0 Å². The molecule has 4 nitrogen and oxygen atoms in total. The fourth-order valence-corrected chi connectivity index (χ4v) is 3.05. The maximum Gasteiger partial charge on any atom is 0.215 e. The molecule has 2 heterocycles. The molecule has 21 heavy (non-hydrogen) atoms. The summed E-state index contributed by atoms with van der Waals surface area (Å²) in [5.41, 5.74) is 2.41. The van der Waals surface area contributed by atoms with Crippen molar-refractivity contribution >= 4 is 54.6 Å². The molecule has 0 saturated heterocycles. The van der Waals surface area contributed by atoms with E-state index in [1.807, 2.05) is 28.8 Å². The Kier molecular flexibility index (Phi) is 4.19. The highest BCUT2D eigenvalue weighted by atomic mass is 79.9. The van der Waals surface area contributed by atoms with Gasteiger partial charge in [-0.15, -0.1) is 11.6 Å². The molecule has 0 fully saturated rings. The van der Waals surface area contributed by atoms with E-state index in [4.69, 9.17) is 16.3 Å².